The Labute approximate surface area is 247 Å². The molecule has 0 radical (unpaired) electrons. The van der Waals surface area contributed by atoms with Crippen molar-refractivity contribution in [2.45, 2.75) is 29.4 Å². The minimum absolute atomic E-state index is 0.0569. The van der Waals surface area contributed by atoms with Crippen LogP contribution in [0.1, 0.15) is 22.3 Å². The minimum atomic E-state index is -4.19. The van der Waals surface area contributed by atoms with E-state index in [4.69, 9.17) is 5.73 Å². The molecule has 0 bridgehead atoms. The molecule has 3 aliphatic carbocycles. The van der Waals surface area contributed by atoms with Gasteiger partial charge >= 0.3 is 0 Å². The van der Waals surface area contributed by atoms with Crippen LogP contribution < -0.4 is 15.4 Å². The van der Waals surface area contributed by atoms with Crippen LogP contribution in [-0.2, 0) is 26.0 Å². The Morgan fingerprint density at radius 1 is 1.07 bits per heavy atom. The Kier molecular flexibility index (Phi) is 7.07. The summed E-state index contributed by atoms with van der Waals surface area (Å²) in [5, 5.41) is 45.5. The van der Waals surface area contributed by atoms with Gasteiger partial charge in [-0.05, 0) is 56.6 Å². The van der Waals surface area contributed by atoms with Gasteiger partial charge in [-0.3, -0.25) is 24.0 Å². The zero-order valence-corrected chi connectivity index (χ0v) is 24.6. The van der Waals surface area contributed by atoms with E-state index < -0.39 is 73.8 Å². The first-order chi connectivity index (χ1) is 20.0. The van der Waals surface area contributed by atoms with Gasteiger partial charge in [0.1, 0.15) is 17.1 Å². The number of likely N-dealkylation sites (N-methyl/N-ethyl adjacent to an activating group) is 1. The van der Waals surface area contributed by atoms with E-state index in [9.17, 15) is 43.2 Å². The van der Waals surface area contributed by atoms with Crippen LogP contribution >= 0.6 is 0 Å². The van der Waals surface area contributed by atoms with Gasteiger partial charge < -0.3 is 31.1 Å². The number of hydrogen-bond donors (Lipinski definition) is 6. The lowest BCUT2D eigenvalue weighted by atomic mass is 9.58. The van der Waals surface area contributed by atoms with Crippen molar-refractivity contribution in [3.63, 3.8) is 0 Å². The van der Waals surface area contributed by atoms with Crippen molar-refractivity contribution in [3.05, 3.63) is 70.2 Å². The monoisotopic (exact) mass is 612 g/mol. The number of allylic oxidation sites excluding steroid dienone is 1. The Morgan fingerprint density at radius 3 is 2.26 bits per heavy atom. The summed E-state index contributed by atoms with van der Waals surface area (Å²) in [5.74, 6) is -7.87. The van der Waals surface area contributed by atoms with Gasteiger partial charge in [0.05, 0.1) is 22.2 Å². The number of nitrogens with two attached hydrogens (primary N) is 1. The Bertz CT molecular complexity index is 1750. The van der Waals surface area contributed by atoms with Gasteiger partial charge in [0.15, 0.2) is 17.1 Å². The number of aromatic hydroxyl groups is 1. The summed E-state index contributed by atoms with van der Waals surface area (Å²) in [6.07, 6.45) is -0.0108. The molecule has 1 amide bonds. The largest absolute Gasteiger partial charge is 0.510 e. The molecule has 13 nitrogen and oxygen atoms in total. The zero-order chi connectivity index (χ0) is 31.8. The maximum atomic E-state index is 14.1. The number of ketones is 2. The average Bonchev–Trinajstić information content (AvgIpc) is 2.92. The number of carbonyl (C=O) groups is 3. The summed E-state index contributed by atoms with van der Waals surface area (Å²) < 4.78 is 28.5. The first kappa shape index (κ1) is 30.1. The third-order valence-corrected chi connectivity index (χ3v) is 9.86. The van der Waals surface area contributed by atoms with Crippen molar-refractivity contribution in [3.8, 4) is 5.75 Å². The fraction of sp³-hybridized carbons (Fsp3) is 0.345. The molecule has 0 spiro atoms. The number of aliphatic hydroxyl groups is 3. The van der Waals surface area contributed by atoms with Gasteiger partial charge in [-0.2, -0.15) is 0 Å². The topological polar surface area (TPSA) is 211 Å². The first-order valence-electron chi connectivity index (χ1n) is 13.3. The highest BCUT2D eigenvalue weighted by Gasteiger charge is 2.63. The maximum absolute atomic E-state index is 14.1. The molecule has 0 fully saturated rings. The Balaban J connectivity index is 1.70. The van der Waals surface area contributed by atoms with Crippen LogP contribution in [0.3, 0.4) is 0 Å². The van der Waals surface area contributed by atoms with Crippen molar-refractivity contribution in [1.82, 2.24) is 4.90 Å². The predicted molar refractivity (Wildman–Crippen MR) is 155 cm³/mol. The molecule has 228 valence electrons. The summed E-state index contributed by atoms with van der Waals surface area (Å²) in [4.78, 5) is 42.8. The van der Waals surface area contributed by atoms with Crippen molar-refractivity contribution < 1.29 is 43.2 Å². The highest BCUT2D eigenvalue weighted by molar-refractivity contribution is 7.92. The third kappa shape index (κ3) is 4.36. The van der Waals surface area contributed by atoms with Crippen LogP contribution in [-0.4, -0.2) is 91.1 Å². The number of sulfonamides is 1. The highest BCUT2D eigenvalue weighted by atomic mass is 32.2. The number of fused-ring (bicyclic) bond motifs is 3. The van der Waals surface area contributed by atoms with E-state index in [0.717, 1.165) is 0 Å². The number of phenols is 1. The summed E-state index contributed by atoms with van der Waals surface area (Å²) in [6.45, 7) is 0. The van der Waals surface area contributed by atoms with Gasteiger partial charge in [-0.1, -0.05) is 18.2 Å². The molecule has 4 atom stereocenters. The molecular formula is C29H32N4O9S. The van der Waals surface area contributed by atoms with Crippen LogP contribution in [0.5, 0.6) is 5.75 Å². The lowest BCUT2D eigenvalue weighted by Crippen LogP contribution is -2.63. The van der Waals surface area contributed by atoms with Gasteiger partial charge in [0.25, 0.3) is 15.9 Å². The molecule has 7 N–H and O–H groups in total. The number of hydrogen-bond acceptors (Lipinski definition) is 11. The zero-order valence-electron chi connectivity index (χ0n) is 23.8. The number of Topliss-reactive ketones (excluding diaryl/α,β-unsaturated/α-hetero) is 2. The quantitative estimate of drug-likeness (QED) is 0.200. The fourth-order valence-electron chi connectivity index (χ4n) is 6.58. The molecule has 0 heterocycles. The Morgan fingerprint density at radius 2 is 1.70 bits per heavy atom. The number of phenolic OH excluding ortho intramolecular Hbond substituents is 1. The molecule has 3 aliphatic rings. The van der Waals surface area contributed by atoms with Crippen molar-refractivity contribution in [1.29, 1.82) is 0 Å². The molecule has 0 saturated heterocycles. The molecule has 5 rings (SSSR count). The number of rotatable bonds is 6. The summed E-state index contributed by atoms with van der Waals surface area (Å²) in [7, 11) is 2.26. The summed E-state index contributed by atoms with van der Waals surface area (Å²) in [5.41, 5.74) is 1.52. The van der Waals surface area contributed by atoms with E-state index >= 15 is 0 Å². The summed E-state index contributed by atoms with van der Waals surface area (Å²) in [6, 6.07) is 7.70. The fourth-order valence-corrected chi connectivity index (χ4v) is 7.66. The molecule has 0 saturated carbocycles. The number of nitrogens with zero attached hydrogens (tertiary/aromatic N) is 2. The number of benzene rings is 2. The second-order valence-corrected chi connectivity index (χ2v) is 13.1. The predicted octanol–water partition coefficient (Wildman–Crippen LogP) is 0.987. The molecular weight excluding hydrogens is 580 g/mol. The lowest BCUT2D eigenvalue weighted by Gasteiger charge is -2.50. The van der Waals surface area contributed by atoms with Gasteiger partial charge in [0.2, 0.25) is 5.78 Å². The van der Waals surface area contributed by atoms with E-state index in [0.29, 0.717) is 11.3 Å². The van der Waals surface area contributed by atoms with Crippen LogP contribution in [0, 0.1) is 11.8 Å². The molecule has 0 aliphatic heterocycles. The number of aliphatic hydroxyl groups excluding tert-OH is 2. The van der Waals surface area contributed by atoms with Gasteiger partial charge in [-0.25, -0.2) is 8.42 Å². The number of anilines is 2. The van der Waals surface area contributed by atoms with Crippen molar-refractivity contribution in [2.75, 3.05) is 37.8 Å². The normalized spacial score (nSPS) is 25.3. The van der Waals surface area contributed by atoms with E-state index in [2.05, 4.69) is 4.72 Å². The molecule has 2 aromatic carbocycles. The first-order valence-corrected chi connectivity index (χ1v) is 14.8. The highest BCUT2D eigenvalue weighted by Crippen LogP contribution is 2.54. The van der Waals surface area contributed by atoms with E-state index in [-0.39, 0.29) is 34.6 Å². The Hall–Kier alpha value is -4.40. The SMILES string of the molecule is CN(C)c1cc(NS(=O)(=O)c2ccccc2)c(O)c2c1C[C@H]1C[C@@H]3C(N(C)C)C(O)=C(C(N)=O)C(=O)[C@@]3(O)C(O)=C1C2=O. The van der Waals surface area contributed by atoms with Gasteiger partial charge in [0, 0.05) is 31.3 Å². The second-order valence-electron chi connectivity index (χ2n) is 11.4. The molecule has 14 heteroatoms. The van der Waals surface area contributed by atoms with Crippen LogP contribution in [0.15, 0.2) is 64.0 Å². The molecule has 1 unspecified atom stereocenters. The van der Waals surface area contributed by atoms with Gasteiger partial charge in [-0.15, -0.1) is 0 Å². The smallest absolute Gasteiger partial charge is 0.262 e. The van der Waals surface area contributed by atoms with E-state index in [1.165, 1.54) is 35.2 Å². The second kappa shape index (κ2) is 10.1. The van der Waals surface area contributed by atoms with Crippen molar-refractivity contribution >= 4 is 38.9 Å². The van der Waals surface area contributed by atoms with Crippen LogP contribution in [0.2, 0.25) is 0 Å². The summed E-state index contributed by atoms with van der Waals surface area (Å²) >= 11 is 0. The van der Waals surface area contributed by atoms with E-state index in [1.54, 1.807) is 39.2 Å². The van der Waals surface area contributed by atoms with Crippen LogP contribution in [0.25, 0.3) is 0 Å². The lowest BCUT2D eigenvalue weighted by molar-refractivity contribution is -0.148. The average molecular weight is 613 g/mol. The standard InChI is InChI=1S/C29H32N4O9S/c1-32(2)18-12-17(31-43(41,42)14-8-6-5-7-9-14)23(34)20-15(18)10-13-11-16-22(33(3)4)25(36)21(28(30)39)27(38)29(16,40)26(37)19(13)24(20)35/h5-9,12-13,16,22,31,34,36-37,40H,10-11H2,1-4H3,(H2,30,39)/t13-,16+,22?,29-/m0/s1. The molecule has 0 aromatic heterocycles. The number of primary amides is 1. The maximum Gasteiger partial charge on any atom is 0.262 e. The number of carbonyl (C=O) groups excluding carboxylic acids is 3. The van der Waals surface area contributed by atoms with Crippen molar-refractivity contribution in [2.24, 2.45) is 17.6 Å². The number of amides is 1. The minimum Gasteiger partial charge on any atom is -0.510 e. The molecule has 43 heavy (non-hydrogen) atoms. The number of nitrogens with one attached hydrogen (secondary N) is 1. The third-order valence-electron chi connectivity index (χ3n) is 8.48. The molecule has 2 aromatic rings. The van der Waals surface area contributed by atoms with E-state index in [1.807, 2.05) is 0 Å². The van der Waals surface area contributed by atoms with Crippen LogP contribution in [0.4, 0.5) is 11.4 Å².